The smallest absolute Gasteiger partial charge is 0.128 e. The van der Waals surface area contributed by atoms with E-state index in [-0.39, 0.29) is 12.4 Å². The lowest BCUT2D eigenvalue weighted by atomic mass is 9.89. The maximum atomic E-state index is 14.2. The number of rotatable bonds is 11. The summed E-state index contributed by atoms with van der Waals surface area (Å²) in [7, 11) is 0. The van der Waals surface area contributed by atoms with E-state index in [1.54, 1.807) is 6.07 Å². The van der Waals surface area contributed by atoms with Gasteiger partial charge in [-0.15, -0.1) is 0 Å². The number of aromatic nitrogens is 1. The maximum Gasteiger partial charge on any atom is 0.128 e. The lowest BCUT2D eigenvalue weighted by molar-refractivity contribution is 0.0560. The molecule has 0 bridgehead atoms. The van der Waals surface area contributed by atoms with E-state index in [9.17, 15) is 9.50 Å². The first-order valence-corrected chi connectivity index (χ1v) is 12.1. The van der Waals surface area contributed by atoms with Crippen LogP contribution in [0.5, 0.6) is 5.75 Å². The Hall–Kier alpha value is -2.63. The van der Waals surface area contributed by atoms with E-state index >= 15 is 0 Å². The lowest BCUT2D eigenvalue weighted by Crippen LogP contribution is -2.39. The molecule has 0 radical (unpaired) electrons. The van der Waals surface area contributed by atoms with Crippen LogP contribution < -0.4 is 4.74 Å². The Labute approximate surface area is 196 Å². The SMILES string of the molecule is OC(COc1ccccc1)CN(Cc1cccn1Cc1ccccc1F)CC1CCCCC1. The van der Waals surface area contributed by atoms with Crippen molar-refractivity contribution in [1.29, 1.82) is 0 Å². The monoisotopic (exact) mass is 450 g/mol. The van der Waals surface area contributed by atoms with Crippen LogP contribution in [0.3, 0.4) is 0 Å². The minimum absolute atomic E-state index is 0.176. The van der Waals surface area contributed by atoms with Gasteiger partial charge in [0.1, 0.15) is 24.3 Å². The Kier molecular flexibility index (Phi) is 8.56. The van der Waals surface area contributed by atoms with Crippen LogP contribution in [-0.4, -0.2) is 40.4 Å². The van der Waals surface area contributed by atoms with Gasteiger partial charge in [0.25, 0.3) is 0 Å². The molecule has 5 heteroatoms. The zero-order chi connectivity index (χ0) is 22.9. The molecule has 4 nitrogen and oxygen atoms in total. The Balaban J connectivity index is 1.41. The molecule has 2 aromatic carbocycles. The van der Waals surface area contributed by atoms with Crippen LogP contribution in [0.15, 0.2) is 72.9 Å². The average Bonchev–Trinajstić information content (AvgIpc) is 3.27. The molecule has 1 aromatic heterocycles. The van der Waals surface area contributed by atoms with Gasteiger partial charge in [-0.25, -0.2) is 4.39 Å². The molecule has 1 aliphatic carbocycles. The molecule has 1 fully saturated rings. The number of ether oxygens (including phenoxy) is 1. The third kappa shape index (κ3) is 7.18. The summed E-state index contributed by atoms with van der Waals surface area (Å²) in [6.07, 6.45) is 7.85. The van der Waals surface area contributed by atoms with Gasteiger partial charge >= 0.3 is 0 Å². The molecule has 0 saturated heterocycles. The van der Waals surface area contributed by atoms with E-state index in [4.69, 9.17) is 4.74 Å². The second-order valence-electron chi connectivity index (χ2n) is 9.19. The van der Waals surface area contributed by atoms with Gasteiger partial charge in [0, 0.05) is 37.1 Å². The standard InChI is InChI=1S/C28H35FN2O2/c29-28-16-8-7-12-24(28)19-31-17-9-13-25(31)20-30(18-23-10-3-1-4-11-23)21-26(32)22-33-27-14-5-2-6-15-27/h2,5-9,12-17,23,26,32H,1,3-4,10-11,18-22H2. The number of nitrogens with zero attached hydrogens (tertiary/aromatic N) is 2. The molecule has 1 aliphatic rings. The summed E-state index contributed by atoms with van der Waals surface area (Å²) in [5.41, 5.74) is 1.82. The second kappa shape index (κ2) is 12.0. The van der Waals surface area contributed by atoms with Crippen molar-refractivity contribution in [3.63, 3.8) is 0 Å². The zero-order valence-corrected chi connectivity index (χ0v) is 19.3. The number of para-hydroxylation sites is 1. The van der Waals surface area contributed by atoms with Crippen LogP contribution >= 0.6 is 0 Å². The van der Waals surface area contributed by atoms with E-state index in [2.05, 4.69) is 15.5 Å². The second-order valence-corrected chi connectivity index (χ2v) is 9.19. The van der Waals surface area contributed by atoms with E-state index in [0.29, 0.717) is 24.6 Å². The normalized spacial score (nSPS) is 15.6. The number of hydrogen-bond donors (Lipinski definition) is 1. The number of aliphatic hydroxyl groups is 1. The van der Waals surface area contributed by atoms with Crippen molar-refractivity contribution < 1.29 is 14.2 Å². The van der Waals surface area contributed by atoms with Crippen molar-refractivity contribution in [3.05, 3.63) is 90.0 Å². The molecule has 1 saturated carbocycles. The average molecular weight is 451 g/mol. The van der Waals surface area contributed by atoms with Crippen molar-refractivity contribution in [2.75, 3.05) is 19.7 Å². The molecular formula is C28H35FN2O2. The van der Waals surface area contributed by atoms with Crippen LogP contribution in [0.1, 0.15) is 43.4 Å². The van der Waals surface area contributed by atoms with Gasteiger partial charge in [0.05, 0.1) is 6.54 Å². The minimum atomic E-state index is -0.580. The third-order valence-corrected chi connectivity index (χ3v) is 6.50. The predicted molar refractivity (Wildman–Crippen MR) is 130 cm³/mol. The van der Waals surface area contributed by atoms with Crippen LogP contribution in [0.25, 0.3) is 0 Å². The fraction of sp³-hybridized carbons (Fsp3) is 0.429. The van der Waals surface area contributed by atoms with Gasteiger partial charge in [0.2, 0.25) is 0 Å². The summed E-state index contributed by atoms with van der Waals surface area (Å²) in [6.45, 7) is 3.01. The van der Waals surface area contributed by atoms with Crippen molar-refractivity contribution in [3.8, 4) is 5.75 Å². The van der Waals surface area contributed by atoms with Crippen molar-refractivity contribution in [2.24, 2.45) is 5.92 Å². The number of halogens is 1. The first-order valence-electron chi connectivity index (χ1n) is 12.1. The first-order chi connectivity index (χ1) is 16.2. The van der Waals surface area contributed by atoms with E-state index in [0.717, 1.165) is 24.5 Å². The molecule has 1 N–H and O–H groups in total. The summed E-state index contributed by atoms with van der Waals surface area (Å²) in [4.78, 5) is 2.35. The molecule has 0 aliphatic heterocycles. The van der Waals surface area contributed by atoms with Crippen LogP contribution in [0, 0.1) is 11.7 Å². The van der Waals surface area contributed by atoms with Crippen molar-refractivity contribution in [2.45, 2.75) is 51.3 Å². The Morgan fingerprint density at radius 3 is 2.52 bits per heavy atom. The summed E-state index contributed by atoms with van der Waals surface area (Å²) >= 11 is 0. The fourth-order valence-electron chi connectivity index (χ4n) is 4.78. The highest BCUT2D eigenvalue weighted by atomic mass is 19.1. The quantitative estimate of drug-likeness (QED) is 0.419. The largest absolute Gasteiger partial charge is 0.491 e. The maximum absolute atomic E-state index is 14.2. The van der Waals surface area contributed by atoms with Gasteiger partial charge in [-0.3, -0.25) is 4.90 Å². The van der Waals surface area contributed by atoms with Crippen LogP contribution in [-0.2, 0) is 13.1 Å². The third-order valence-electron chi connectivity index (χ3n) is 6.50. The predicted octanol–water partition coefficient (Wildman–Crippen LogP) is 5.50. The number of benzene rings is 2. The van der Waals surface area contributed by atoms with Gasteiger partial charge in [0.15, 0.2) is 0 Å². The van der Waals surface area contributed by atoms with Gasteiger partial charge in [-0.2, -0.15) is 0 Å². The Morgan fingerprint density at radius 1 is 0.970 bits per heavy atom. The molecular weight excluding hydrogens is 415 g/mol. The van der Waals surface area contributed by atoms with Crippen LogP contribution in [0.4, 0.5) is 4.39 Å². The van der Waals surface area contributed by atoms with Crippen molar-refractivity contribution in [1.82, 2.24) is 9.47 Å². The molecule has 33 heavy (non-hydrogen) atoms. The minimum Gasteiger partial charge on any atom is -0.491 e. The lowest BCUT2D eigenvalue weighted by Gasteiger charge is -2.31. The van der Waals surface area contributed by atoms with Gasteiger partial charge < -0.3 is 14.4 Å². The van der Waals surface area contributed by atoms with E-state index in [1.807, 2.05) is 54.7 Å². The molecule has 1 atom stereocenters. The summed E-state index contributed by atoms with van der Waals surface area (Å²) in [6, 6.07) is 20.7. The zero-order valence-electron chi connectivity index (χ0n) is 19.3. The summed E-state index contributed by atoms with van der Waals surface area (Å²) < 4.78 is 22.1. The molecule has 1 unspecified atom stereocenters. The van der Waals surface area contributed by atoms with Gasteiger partial charge in [-0.1, -0.05) is 55.7 Å². The first kappa shape index (κ1) is 23.5. The Bertz CT molecular complexity index is 969. The number of hydrogen-bond acceptors (Lipinski definition) is 3. The summed E-state index contributed by atoms with van der Waals surface area (Å²) in [5, 5.41) is 10.8. The molecule has 1 heterocycles. The fourth-order valence-corrected chi connectivity index (χ4v) is 4.78. The molecule has 4 rings (SSSR count). The Morgan fingerprint density at radius 2 is 1.73 bits per heavy atom. The van der Waals surface area contributed by atoms with Crippen LogP contribution in [0.2, 0.25) is 0 Å². The molecule has 0 spiro atoms. The van der Waals surface area contributed by atoms with E-state index < -0.39 is 6.10 Å². The van der Waals surface area contributed by atoms with Gasteiger partial charge in [-0.05, 0) is 49.1 Å². The topological polar surface area (TPSA) is 37.6 Å². The highest BCUT2D eigenvalue weighted by Crippen LogP contribution is 2.25. The molecule has 176 valence electrons. The molecule has 3 aromatic rings. The highest BCUT2D eigenvalue weighted by Gasteiger charge is 2.21. The molecule has 0 amide bonds. The summed E-state index contributed by atoms with van der Waals surface area (Å²) in [5.74, 6) is 1.26. The van der Waals surface area contributed by atoms with Crippen molar-refractivity contribution >= 4 is 0 Å². The highest BCUT2D eigenvalue weighted by molar-refractivity contribution is 5.21. The number of aliphatic hydroxyl groups excluding tert-OH is 1. The van der Waals surface area contributed by atoms with E-state index in [1.165, 1.54) is 38.2 Å².